The number of hydrogen-bond donors (Lipinski definition) is 2. The zero-order valence-corrected chi connectivity index (χ0v) is 17.1. The van der Waals surface area contributed by atoms with Crippen molar-refractivity contribution in [2.75, 3.05) is 7.11 Å². The Morgan fingerprint density at radius 2 is 1.81 bits per heavy atom. The molecular weight excluding hydrogens is 402 g/mol. The molecule has 0 bridgehead atoms. The van der Waals surface area contributed by atoms with Gasteiger partial charge in [-0.2, -0.15) is 5.10 Å². The van der Waals surface area contributed by atoms with Gasteiger partial charge in [0.2, 0.25) is 0 Å². The van der Waals surface area contributed by atoms with E-state index in [-0.39, 0.29) is 0 Å². The molecule has 0 radical (unpaired) electrons. The van der Waals surface area contributed by atoms with Crippen LogP contribution in [0.4, 0.5) is 0 Å². The van der Waals surface area contributed by atoms with Crippen LogP contribution in [0.5, 0.6) is 5.75 Å². The van der Waals surface area contributed by atoms with Gasteiger partial charge >= 0.3 is 0 Å². The van der Waals surface area contributed by atoms with Gasteiger partial charge in [-0.25, -0.2) is 4.98 Å². The van der Waals surface area contributed by atoms with Crippen molar-refractivity contribution in [3.63, 3.8) is 0 Å². The Morgan fingerprint density at radius 1 is 0.844 bits per heavy atom. The van der Waals surface area contributed by atoms with Gasteiger partial charge < -0.3 is 9.72 Å². The van der Waals surface area contributed by atoms with E-state index >= 15 is 0 Å². The van der Waals surface area contributed by atoms with Crippen molar-refractivity contribution in [3.8, 4) is 39.8 Å². The average molecular weight is 419 g/mol. The Kier molecular flexibility index (Phi) is 4.14. The number of H-pyrrole nitrogens is 2. The van der Waals surface area contributed by atoms with E-state index in [2.05, 4.69) is 30.1 Å². The molecule has 6 aromatic rings. The predicted molar refractivity (Wildman–Crippen MR) is 122 cm³/mol. The number of aromatic nitrogens is 7. The summed E-state index contributed by atoms with van der Waals surface area (Å²) in [5.41, 5.74) is 7.47. The molecule has 0 aliphatic rings. The van der Waals surface area contributed by atoms with Crippen molar-refractivity contribution in [1.29, 1.82) is 0 Å². The van der Waals surface area contributed by atoms with Crippen LogP contribution in [0.3, 0.4) is 0 Å². The van der Waals surface area contributed by atoms with Gasteiger partial charge in [-0.1, -0.05) is 6.07 Å². The molecule has 0 atom stereocenters. The lowest BCUT2D eigenvalue weighted by Gasteiger charge is -2.04. The Hall–Kier alpha value is -4.59. The minimum atomic E-state index is 0.682. The molecule has 0 saturated heterocycles. The fraction of sp³-hybridized carbons (Fsp3) is 0.0417. The highest BCUT2D eigenvalue weighted by Gasteiger charge is 2.16. The first-order valence-electron chi connectivity index (χ1n) is 10.0. The number of nitrogens with zero attached hydrogens (tertiary/aromatic N) is 5. The van der Waals surface area contributed by atoms with Crippen LogP contribution in [0.15, 0.2) is 73.3 Å². The molecule has 0 aromatic carbocycles. The van der Waals surface area contributed by atoms with Crippen LogP contribution in [0, 0.1) is 0 Å². The second-order valence-corrected chi connectivity index (χ2v) is 7.30. The van der Waals surface area contributed by atoms with Gasteiger partial charge in [0.15, 0.2) is 0 Å². The van der Waals surface area contributed by atoms with Gasteiger partial charge in [0.05, 0.1) is 41.6 Å². The maximum atomic E-state index is 5.30. The predicted octanol–water partition coefficient (Wildman–Crippen LogP) is 4.63. The van der Waals surface area contributed by atoms with E-state index in [1.165, 1.54) is 0 Å². The number of rotatable bonds is 4. The summed E-state index contributed by atoms with van der Waals surface area (Å²) in [6.07, 6.45) is 6.98. The molecule has 2 N–H and O–H groups in total. The maximum absolute atomic E-state index is 5.30. The lowest BCUT2D eigenvalue weighted by Crippen LogP contribution is -1.89. The van der Waals surface area contributed by atoms with Gasteiger partial charge in [0.25, 0.3) is 0 Å². The number of hydrogen-bond acceptors (Lipinski definition) is 6. The fourth-order valence-electron chi connectivity index (χ4n) is 3.81. The summed E-state index contributed by atoms with van der Waals surface area (Å²) in [6.45, 7) is 0. The Morgan fingerprint density at radius 3 is 2.69 bits per heavy atom. The third-order valence-electron chi connectivity index (χ3n) is 5.36. The molecule has 0 unspecified atom stereocenters. The maximum Gasteiger partial charge on any atom is 0.137 e. The van der Waals surface area contributed by atoms with Gasteiger partial charge in [0, 0.05) is 35.1 Å². The topological polar surface area (TPSA) is 105 Å². The Balaban J connectivity index is 1.50. The van der Waals surface area contributed by atoms with Crippen LogP contribution in [0.25, 0.3) is 56.0 Å². The van der Waals surface area contributed by atoms with Crippen molar-refractivity contribution < 1.29 is 4.74 Å². The summed E-state index contributed by atoms with van der Waals surface area (Å²) in [4.78, 5) is 21.6. The zero-order valence-electron chi connectivity index (χ0n) is 17.1. The smallest absolute Gasteiger partial charge is 0.137 e. The van der Waals surface area contributed by atoms with Crippen LogP contribution in [0.1, 0.15) is 0 Å². The van der Waals surface area contributed by atoms with Gasteiger partial charge in [-0.3, -0.25) is 20.1 Å². The number of pyridine rings is 4. The molecule has 6 aromatic heterocycles. The summed E-state index contributed by atoms with van der Waals surface area (Å²) in [5.74, 6) is 0.682. The largest absolute Gasteiger partial charge is 0.495 e. The van der Waals surface area contributed by atoms with Crippen LogP contribution >= 0.6 is 0 Å². The van der Waals surface area contributed by atoms with E-state index in [0.29, 0.717) is 5.75 Å². The normalized spacial score (nSPS) is 11.3. The Bertz CT molecular complexity index is 1570. The minimum absolute atomic E-state index is 0.682. The van der Waals surface area contributed by atoms with Gasteiger partial charge in [-0.05, 0) is 42.5 Å². The quantitative estimate of drug-likeness (QED) is 0.431. The summed E-state index contributed by atoms with van der Waals surface area (Å²) < 4.78 is 5.30. The first-order chi connectivity index (χ1) is 15.8. The molecule has 0 aliphatic heterocycles. The van der Waals surface area contributed by atoms with E-state index < -0.39 is 0 Å². The molecular formula is C24H17N7O. The lowest BCUT2D eigenvalue weighted by atomic mass is 10.1. The van der Waals surface area contributed by atoms with Gasteiger partial charge in [-0.15, -0.1) is 0 Å². The van der Waals surface area contributed by atoms with Crippen molar-refractivity contribution in [1.82, 2.24) is 35.1 Å². The minimum Gasteiger partial charge on any atom is -0.495 e. The fourth-order valence-corrected chi connectivity index (χ4v) is 3.81. The highest BCUT2D eigenvalue weighted by molar-refractivity contribution is 5.98. The summed E-state index contributed by atoms with van der Waals surface area (Å²) in [7, 11) is 1.62. The molecule has 6 rings (SSSR count). The van der Waals surface area contributed by atoms with Crippen molar-refractivity contribution in [2.24, 2.45) is 0 Å². The molecule has 8 nitrogen and oxygen atoms in total. The molecule has 0 amide bonds. The first-order valence-corrected chi connectivity index (χ1v) is 10.0. The SMILES string of the molecule is COc1cncc(-c2ccc3[nH]nc(-c4cc5c(-c6ccccn6)nccc5[nH]4)c3n2)c1. The highest BCUT2D eigenvalue weighted by Crippen LogP contribution is 2.32. The van der Waals surface area contributed by atoms with E-state index in [1.807, 2.05) is 48.5 Å². The average Bonchev–Trinajstić information content (AvgIpc) is 3.48. The second-order valence-electron chi connectivity index (χ2n) is 7.30. The zero-order chi connectivity index (χ0) is 21.5. The second kappa shape index (κ2) is 7.28. The van der Waals surface area contributed by atoms with E-state index in [0.717, 1.165) is 56.0 Å². The van der Waals surface area contributed by atoms with Crippen LogP contribution in [-0.2, 0) is 0 Å². The summed E-state index contributed by atoms with van der Waals surface area (Å²) >= 11 is 0. The summed E-state index contributed by atoms with van der Waals surface area (Å²) in [5, 5.41) is 8.59. The molecule has 0 saturated carbocycles. The number of ether oxygens (including phenoxy) is 1. The van der Waals surface area contributed by atoms with Crippen LogP contribution in [0.2, 0.25) is 0 Å². The van der Waals surface area contributed by atoms with E-state index in [9.17, 15) is 0 Å². The van der Waals surface area contributed by atoms with E-state index in [4.69, 9.17) is 9.72 Å². The highest BCUT2D eigenvalue weighted by atomic mass is 16.5. The standard InChI is InChI=1S/C24H17N7O/c1-32-15-10-14(12-25-13-15)17-5-6-20-23(29-17)24(31-30-20)21-11-16-18(28-21)7-9-27-22(16)19-4-2-3-8-26-19/h2-13,28H,1H3,(H,30,31). The van der Waals surface area contributed by atoms with E-state index in [1.54, 1.807) is 31.9 Å². The number of nitrogens with one attached hydrogen (secondary N) is 2. The van der Waals surface area contributed by atoms with Crippen LogP contribution in [-0.4, -0.2) is 42.2 Å². The number of fused-ring (bicyclic) bond motifs is 2. The molecule has 0 aliphatic carbocycles. The third-order valence-corrected chi connectivity index (χ3v) is 5.36. The first kappa shape index (κ1) is 18.2. The lowest BCUT2D eigenvalue weighted by molar-refractivity contribution is 0.413. The monoisotopic (exact) mass is 419 g/mol. The molecule has 154 valence electrons. The number of methoxy groups -OCH3 is 1. The van der Waals surface area contributed by atoms with Crippen molar-refractivity contribution in [3.05, 3.63) is 73.3 Å². The van der Waals surface area contributed by atoms with Crippen molar-refractivity contribution >= 4 is 21.9 Å². The van der Waals surface area contributed by atoms with Gasteiger partial charge in [0.1, 0.15) is 17.0 Å². The molecule has 0 spiro atoms. The molecule has 32 heavy (non-hydrogen) atoms. The number of aromatic amines is 2. The Labute approximate surface area is 182 Å². The molecule has 8 heteroatoms. The molecule has 6 heterocycles. The third kappa shape index (κ3) is 2.97. The van der Waals surface area contributed by atoms with Crippen molar-refractivity contribution in [2.45, 2.75) is 0 Å². The molecule has 0 fully saturated rings. The van der Waals surface area contributed by atoms with Crippen LogP contribution < -0.4 is 4.74 Å². The summed E-state index contributed by atoms with van der Waals surface area (Å²) in [6, 6.07) is 15.6.